The fraction of sp³-hybridized carbons (Fsp3) is 0.500. The molecule has 0 aromatic heterocycles. The molecule has 59 heavy (non-hydrogen) atoms. The molecule has 6 nitrogen and oxygen atoms in total. The largest absolute Gasteiger partial charge is 0.507 e. The average molecular weight is 825 g/mol. The maximum absolute atomic E-state index is 12.9. The molecule has 0 aliphatic rings. The first-order valence-electron chi connectivity index (χ1n) is 21.0. The average Bonchev–Trinajstić information content (AvgIpc) is 3.06. The van der Waals surface area contributed by atoms with Crippen LogP contribution >= 0.6 is 10.0 Å². The predicted molar refractivity (Wildman–Crippen MR) is 247 cm³/mol. The fourth-order valence-electron chi connectivity index (χ4n) is 8.66. The lowest BCUT2D eigenvalue weighted by atomic mass is 9.82. The summed E-state index contributed by atoms with van der Waals surface area (Å²) in [5.74, 6) is -0.916. The SMILES string of the molecule is Cc1cc(Cc2cc(C)cc(C(C)(C)C)c2S(CCC(=O)O)(CCC(=O)O)c2c(Cc3cc(C)cc(C(C)(C)C)c3O)cc(C)cc2C(C)(C)C)c(O)c(C(C)(C)C)c1. The van der Waals surface area contributed by atoms with Crippen LogP contribution < -0.4 is 0 Å². The zero-order valence-corrected chi connectivity index (χ0v) is 39.7. The van der Waals surface area contributed by atoms with E-state index in [0.29, 0.717) is 12.8 Å². The van der Waals surface area contributed by atoms with E-state index in [1.807, 2.05) is 38.1 Å². The second-order valence-electron chi connectivity index (χ2n) is 21.2. The van der Waals surface area contributed by atoms with E-state index in [0.717, 1.165) is 76.6 Å². The molecule has 0 saturated heterocycles. The van der Waals surface area contributed by atoms with Crippen molar-refractivity contribution in [2.45, 2.75) is 168 Å². The summed E-state index contributed by atoms with van der Waals surface area (Å²) in [6.45, 7) is 33.9. The maximum atomic E-state index is 12.9. The monoisotopic (exact) mass is 825 g/mol. The highest BCUT2D eigenvalue weighted by atomic mass is 32.3. The first-order valence-corrected chi connectivity index (χ1v) is 23.0. The summed E-state index contributed by atoms with van der Waals surface area (Å²) in [5.41, 5.74) is 10.0. The number of phenolic OH excluding ortho intramolecular Hbond substituents is 2. The molecular weight excluding hydrogens is 753 g/mol. The van der Waals surface area contributed by atoms with Crippen molar-refractivity contribution in [3.8, 4) is 11.5 Å². The number of rotatable bonds is 12. The van der Waals surface area contributed by atoms with Crippen LogP contribution in [0.5, 0.6) is 11.5 Å². The van der Waals surface area contributed by atoms with Gasteiger partial charge in [0.25, 0.3) is 0 Å². The number of hydrogen-bond donors (Lipinski definition) is 4. The van der Waals surface area contributed by atoms with Crippen molar-refractivity contribution < 1.29 is 30.0 Å². The molecule has 0 aliphatic carbocycles. The topological polar surface area (TPSA) is 115 Å². The molecule has 322 valence electrons. The lowest BCUT2D eigenvalue weighted by molar-refractivity contribution is -0.137. The number of phenols is 2. The van der Waals surface area contributed by atoms with Crippen molar-refractivity contribution in [1.29, 1.82) is 0 Å². The number of carboxylic acid groups (broad SMARTS) is 2. The van der Waals surface area contributed by atoms with Crippen molar-refractivity contribution >= 4 is 22.0 Å². The molecule has 0 amide bonds. The molecule has 0 unspecified atom stereocenters. The van der Waals surface area contributed by atoms with Crippen LogP contribution in [0.25, 0.3) is 0 Å². The van der Waals surface area contributed by atoms with Crippen LogP contribution in [-0.2, 0) is 44.1 Å². The standard InChI is InChI=1S/C52H72O6S/c1-31-21-35(45(57)39(25-31)49(5,6)7)29-37-23-33(3)27-41(51(11,12)13)47(37)59(19-17-43(53)54,20-18-44(55)56)48-38(24-34(4)28-42(48)52(14,15)16)30-36-22-32(2)26-40(46(36)58)50(8,9)10/h21-28,57-58H,17-20,29-30H2,1-16H3,(H,53,54)(H,55,56). The summed E-state index contributed by atoms with van der Waals surface area (Å²) in [5, 5.41) is 45.2. The van der Waals surface area contributed by atoms with Crippen molar-refractivity contribution in [3.05, 3.63) is 115 Å². The summed E-state index contributed by atoms with van der Waals surface area (Å²) in [6, 6.07) is 17.0. The second kappa shape index (κ2) is 17.0. The lowest BCUT2D eigenvalue weighted by Gasteiger charge is -2.49. The van der Waals surface area contributed by atoms with Crippen LogP contribution in [0.1, 0.15) is 163 Å². The van der Waals surface area contributed by atoms with Gasteiger partial charge in [0.15, 0.2) is 0 Å². The molecule has 0 heterocycles. The summed E-state index contributed by atoms with van der Waals surface area (Å²) >= 11 is 0. The first kappa shape index (κ1) is 47.4. The van der Waals surface area contributed by atoms with Gasteiger partial charge in [0.1, 0.15) is 11.5 Å². The first-order chi connectivity index (χ1) is 26.9. The minimum atomic E-state index is -2.55. The Hall–Kier alpha value is -4.23. The molecule has 0 aliphatic heterocycles. The highest BCUT2D eigenvalue weighted by Crippen LogP contribution is 2.69. The second-order valence-corrected chi connectivity index (χ2v) is 24.6. The van der Waals surface area contributed by atoms with Gasteiger partial charge in [0, 0.05) is 22.6 Å². The third kappa shape index (κ3) is 10.8. The highest BCUT2D eigenvalue weighted by Gasteiger charge is 2.41. The number of aromatic hydroxyl groups is 2. The molecule has 0 bridgehead atoms. The van der Waals surface area contributed by atoms with Gasteiger partial charge >= 0.3 is 11.9 Å². The third-order valence-electron chi connectivity index (χ3n) is 11.4. The van der Waals surface area contributed by atoms with Gasteiger partial charge in [-0.1, -0.05) is 154 Å². The molecule has 0 saturated carbocycles. The van der Waals surface area contributed by atoms with Gasteiger partial charge in [-0.05, 0) is 105 Å². The van der Waals surface area contributed by atoms with Gasteiger partial charge in [0.05, 0.1) is 12.8 Å². The van der Waals surface area contributed by atoms with Gasteiger partial charge < -0.3 is 20.4 Å². The maximum Gasteiger partial charge on any atom is 0.304 e. The lowest BCUT2D eigenvalue weighted by Crippen LogP contribution is -2.27. The van der Waals surface area contributed by atoms with Crippen LogP contribution in [-0.4, -0.2) is 43.9 Å². The van der Waals surface area contributed by atoms with Crippen LogP contribution in [0, 0.1) is 27.7 Å². The van der Waals surface area contributed by atoms with Crippen molar-refractivity contribution in [3.63, 3.8) is 0 Å². The minimum Gasteiger partial charge on any atom is -0.507 e. The summed E-state index contributed by atoms with van der Waals surface area (Å²) in [4.78, 5) is 27.9. The molecule has 0 spiro atoms. The Morgan fingerprint density at radius 1 is 0.441 bits per heavy atom. The van der Waals surface area contributed by atoms with Gasteiger partial charge in [-0.25, -0.2) is 0 Å². The molecule has 4 aromatic rings. The molecule has 0 atom stereocenters. The van der Waals surface area contributed by atoms with Gasteiger partial charge in [-0.2, -0.15) is 10.0 Å². The molecule has 4 N–H and O–H groups in total. The molecule has 4 aromatic carbocycles. The van der Waals surface area contributed by atoms with Crippen LogP contribution in [0.15, 0.2) is 58.3 Å². The quantitative estimate of drug-likeness (QED) is 0.113. The number of carbonyl (C=O) groups is 2. The summed E-state index contributed by atoms with van der Waals surface area (Å²) in [7, 11) is -2.55. The Morgan fingerprint density at radius 3 is 0.949 bits per heavy atom. The predicted octanol–water partition coefficient (Wildman–Crippen LogP) is 12.9. The zero-order chi connectivity index (χ0) is 44.8. The Balaban J connectivity index is 2.34. The van der Waals surface area contributed by atoms with E-state index in [-0.39, 0.29) is 46.7 Å². The van der Waals surface area contributed by atoms with E-state index in [1.165, 1.54) is 0 Å². The Bertz CT molecular complexity index is 2080. The number of aryl methyl sites for hydroxylation is 4. The smallest absolute Gasteiger partial charge is 0.304 e. The summed E-state index contributed by atoms with van der Waals surface area (Å²) < 4.78 is 0. The molecule has 7 heteroatoms. The fourth-order valence-corrected chi connectivity index (χ4v) is 13.8. The third-order valence-corrected chi connectivity index (χ3v) is 15.7. The van der Waals surface area contributed by atoms with Gasteiger partial charge in [0.2, 0.25) is 0 Å². The Morgan fingerprint density at radius 2 is 0.695 bits per heavy atom. The van der Waals surface area contributed by atoms with Crippen LogP contribution in [0.3, 0.4) is 0 Å². The number of aliphatic carboxylic acids is 2. The van der Waals surface area contributed by atoms with Crippen LogP contribution in [0.2, 0.25) is 0 Å². The van der Waals surface area contributed by atoms with E-state index in [9.17, 15) is 30.0 Å². The Kier molecular flexibility index (Phi) is 13.7. The van der Waals surface area contributed by atoms with E-state index in [4.69, 9.17) is 0 Å². The Labute approximate surface area is 356 Å². The zero-order valence-electron chi connectivity index (χ0n) is 38.9. The summed E-state index contributed by atoms with van der Waals surface area (Å²) in [6.07, 6.45) is 0.448. The number of benzene rings is 4. The van der Waals surface area contributed by atoms with E-state index < -0.39 is 32.8 Å². The number of carboxylic acids is 2. The normalized spacial score (nSPS) is 13.2. The molecule has 0 fully saturated rings. The van der Waals surface area contributed by atoms with Crippen molar-refractivity contribution in [1.82, 2.24) is 0 Å². The van der Waals surface area contributed by atoms with Crippen LogP contribution in [0.4, 0.5) is 0 Å². The molecule has 0 radical (unpaired) electrons. The van der Waals surface area contributed by atoms with Gasteiger partial charge in [-0.15, -0.1) is 0 Å². The van der Waals surface area contributed by atoms with Crippen molar-refractivity contribution in [2.24, 2.45) is 0 Å². The number of hydrogen-bond acceptors (Lipinski definition) is 4. The molecular formula is C52H72O6S. The van der Waals surface area contributed by atoms with E-state index >= 15 is 0 Å². The molecule has 4 rings (SSSR count). The van der Waals surface area contributed by atoms with Crippen molar-refractivity contribution in [2.75, 3.05) is 11.5 Å². The van der Waals surface area contributed by atoms with E-state index in [2.05, 4.69) is 121 Å². The minimum absolute atomic E-state index is 0.156. The van der Waals surface area contributed by atoms with E-state index in [1.54, 1.807) is 0 Å². The van der Waals surface area contributed by atoms with Gasteiger partial charge in [-0.3, -0.25) is 9.59 Å². The highest BCUT2D eigenvalue weighted by molar-refractivity contribution is 8.34.